The molecule has 33 heavy (non-hydrogen) atoms. The molecule has 164 valence electrons. The molecule has 0 amide bonds. The Morgan fingerprint density at radius 3 is 2.33 bits per heavy atom. The van der Waals surface area contributed by atoms with Gasteiger partial charge in [-0.05, 0) is 42.8 Å². The molecule has 6 nitrogen and oxygen atoms in total. The molecule has 2 heterocycles. The first-order valence-corrected chi connectivity index (χ1v) is 10.7. The zero-order valence-corrected chi connectivity index (χ0v) is 18.3. The number of aromatic amines is 1. The lowest BCUT2D eigenvalue weighted by Crippen LogP contribution is -2.24. The summed E-state index contributed by atoms with van der Waals surface area (Å²) in [5.74, 6) is -1.19. The molecule has 2 N–H and O–H groups in total. The maximum absolute atomic E-state index is 13.7. The number of aryl methyl sites for hydroxylation is 1. The smallest absolute Gasteiger partial charge is 0.344 e. The van der Waals surface area contributed by atoms with E-state index in [1.807, 2.05) is 18.2 Å². The fourth-order valence-corrected chi connectivity index (χ4v) is 4.47. The average molecular weight is 459 g/mol. The Bertz CT molecular complexity index is 1600. The van der Waals surface area contributed by atoms with Gasteiger partial charge in [0.25, 0.3) is 5.56 Å². The summed E-state index contributed by atoms with van der Waals surface area (Å²) in [5.41, 5.74) is 1.12. The number of fused-ring (bicyclic) bond motifs is 1. The minimum Gasteiger partial charge on any atom is -0.507 e. The summed E-state index contributed by atoms with van der Waals surface area (Å²) in [6, 6.07) is 22.8. The van der Waals surface area contributed by atoms with Gasteiger partial charge in [0.05, 0.1) is 28.1 Å². The molecule has 5 aromatic rings. The van der Waals surface area contributed by atoms with Crippen LogP contribution in [-0.2, 0) is 0 Å². The minimum atomic E-state index is -0.951. The normalized spacial score (nSPS) is 12.2. The Labute approximate surface area is 193 Å². The molecule has 1 atom stereocenters. The largest absolute Gasteiger partial charge is 0.507 e. The number of hydrogen-bond acceptors (Lipinski definition) is 4. The van der Waals surface area contributed by atoms with Crippen LogP contribution in [0, 0.1) is 6.92 Å². The summed E-state index contributed by atoms with van der Waals surface area (Å²) in [6.45, 7) is 1.75. The van der Waals surface area contributed by atoms with Crippen LogP contribution in [0.1, 0.15) is 28.3 Å². The molecule has 1 unspecified atom stereocenters. The highest BCUT2D eigenvalue weighted by Gasteiger charge is 2.32. The van der Waals surface area contributed by atoms with E-state index in [0.717, 1.165) is 0 Å². The van der Waals surface area contributed by atoms with E-state index in [0.29, 0.717) is 32.9 Å². The van der Waals surface area contributed by atoms with Gasteiger partial charge in [0.15, 0.2) is 0 Å². The number of aromatic nitrogens is 2. The maximum Gasteiger partial charge on any atom is 0.344 e. The summed E-state index contributed by atoms with van der Waals surface area (Å²) in [7, 11) is 0. The summed E-state index contributed by atoms with van der Waals surface area (Å²) in [4.78, 5) is 26.8. The molecule has 0 saturated carbocycles. The van der Waals surface area contributed by atoms with Crippen LogP contribution in [0.15, 0.2) is 92.9 Å². The van der Waals surface area contributed by atoms with Crippen molar-refractivity contribution in [1.29, 1.82) is 0 Å². The minimum absolute atomic E-state index is 0.0405. The van der Waals surface area contributed by atoms with E-state index in [-0.39, 0.29) is 22.5 Å². The molecule has 0 spiro atoms. The maximum atomic E-state index is 13.7. The summed E-state index contributed by atoms with van der Waals surface area (Å²) >= 11 is 6.54. The Kier molecular flexibility index (Phi) is 5.15. The highest BCUT2D eigenvalue weighted by atomic mass is 35.5. The predicted molar refractivity (Wildman–Crippen MR) is 128 cm³/mol. The molecular weight excluding hydrogens is 440 g/mol. The van der Waals surface area contributed by atoms with Crippen molar-refractivity contribution in [3.05, 3.63) is 127 Å². The van der Waals surface area contributed by atoms with E-state index in [4.69, 9.17) is 16.0 Å². The molecule has 0 fully saturated rings. The topological polar surface area (TPSA) is 88.2 Å². The molecule has 7 heteroatoms. The van der Waals surface area contributed by atoms with E-state index in [2.05, 4.69) is 5.10 Å². The third kappa shape index (κ3) is 3.45. The Morgan fingerprint density at radius 1 is 0.909 bits per heavy atom. The number of rotatable bonds is 4. The molecule has 0 radical (unpaired) electrons. The van der Waals surface area contributed by atoms with Crippen LogP contribution in [0.4, 0.5) is 0 Å². The van der Waals surface area contributed by atoms with Crippen molar-refractivity contribution >= 4 is 22.6 Å². The van der Waals surface area contributed by atoms with E-state index >= 15 is 0 Å². The van der Waals surface area contributed by atoms with Crippen LogP contribution >= 0.6 is 11.6 Å². The summed E-state index contributed by atoms with van der Waals surface area (Å²) in [6.07, 6.45) is 0. The number of nitrogens with one attached hydrogen (secondary N) is 1. The quantitative estimate of drug-likeness (QED) is 0.366. The zero-order valence-electron chi connectivity index (χ0n) is 17.6. The van der Waals surface area contributed by atoms with E-state index < -0.39 is 11.5 Å². The van der Waals surface area contributed by atoms with Crippen molar-refractivity contribution in [1.82, 2.24) is 9.78 Å². The summed E-state index contributed by atoms with van der Waals surface area (Å²) < 4.78 is 6.94. The van der Waals surface area contributed by atoms with Gasteiger partial charge in [0.2, 0.25) is 0 Å². The fraction of sp³-hybridized carbons (Fsp3) is 0.0769. The van der Waals surface area contributed by atoms with Crippen LogP contribution in [0.2, 0.25) is 5.02 Å². The van der Waals surface area contributed by atoms with Crippen LogP contribution < -0.4 is 11.2 Å². The van der Waals surface area contributed by atoms with Gasteiger partial charge in [-0.1, -0.05) is 60.1 Å². The van der Waals surface area contributed by atoms with Crippen LogP contribution in [-0.4, -0.2) is 14.9 Å². The van der Waals surface area contributed by atoms with Gasteiger partial charge < -0.3 is 9.52 Å². The fourth-order valence-electron chi connectivity index (χ4n) is 4.23. The van der Waals surface area contributed by atoms with Crippen molar-refractivity contribution in [2.24, 2.45) is 0 Å². The van der Waals surface area contributed by atoms with Crippen molar-refractivity contribution in [3.8, 4) is 11.4 Å². The van der Waals surface area contributed by atoms with Gasteiger partial charge >= 0.3 is 5.63 Å². The predicted octanol–water partition coefficient (Wildman–Crippen LogP) is 5.12. The van der Waals surface area contributed by atoms with Crippen LogP contribution in [0.3, 0.4) is 0 Å². The van der Waals surface area contributed by atoms with E-state index in [9.17, 15) is 14.7 Å². The molecule has 5 rings (SSSR count). The molecule has 3 aromatic carbocycles. The number of halogens is 1. The molecular formula is C26H19ClN2O4. The number of nitrogens with zero attached hydrogens (tertiary/aromatic N) is 1. The van der Waals surface area contributed by atoms with E-state index in [1.54, 1.807) is 67.6 Å². The molecule has 0 aliphatic heterocycles. The number of aromatic hydroxyl groups is 1. The third-order valence-electron chi connectivity index (χ3n) is 5.74. The number of H-pyrrole nitrogens is 1. The second-order valence-corrected chi connectivity index (χ2v) is 8.14. The van der Waals surface area contributed by atoms with Crippen LogP contribution in [0.5, 0.6) is 5.75 Å². The van der Waals surface area contributed by atoms with Gasteiger partial charge in [-0.2, -0.15) is 0 Å². The van der Waals surface area contributed by atoms with Crippen molar-refractivity contribution in [2.75, 3.05) is 0 Å². The molecule has 0 aliphatic rings. The first-order chi connectivity index (χ1) is 16.0. The van der Waals surface area contributed by atoms with Gasteiger partial charge in [-0.3, -0.25) is 9.89 Å². The monoisotopic (exact) mass is 458 g/mol. The standard InChI is InChI=1S/C26H19ClN2O4/c1-15-21(25(31)29(28-15)16-9-3-2-4-10-16)22(17-11-5-7-13-19(17)27)23-24(30)18-12-6-8-14-20(18)33-26(23)32/h2-14,22,28,30H,1H3. The Balaban J connectivity index is 1.86. The molecule has 0 bridgehead atoms. The van der Waals surface area contributed by atoms with Gasteiger partial charge in [-0.25, -0.2) is 9.48 Å². The number of benzene rings is 3. The second kappa shape index (κ2) is 8.15. The second-order valence-electron chi connectivity index (χ2n) is 7.73. The SMILES string of the molecule is Cc1[nH]n(-c2ccccc2)c(=O)c1C(c1ccccc1Cl)c1c(O)c2ccccc2oc1=O. The van der Waals surface area contributed by atoms with Crippen molar-refractivity contribution < 1.29 is 9.52 Å². The lowest BCUT2D eigenvalue weighted by atomic mass is 9.85. The Hall–Kier alpha value is -4.03. The van der Waals surface area contributed by atoms with Gasteiger partial charge in [0, 0.05) is 10.7 Å². The van der Waals surface area contributed by atoms with Crippen molar-refractivity contribution in [2.45, 2.75) is 12.8 Å². The number of hydrogen-bond donors (Lipinski definition) is 2. The number of para-hydroxylation sites is 2. The molecule has 0 aliphatic carbocycles. The third-order valence-corrected chi connectivity index (χ3v) is 6.09. The lowest BCUT2D eigenvalue weighted by molar-refractivity contribution is 0.455. The molecule has 0 saturated heterocycles. The first kappa shape index (κ1) is 20.8. The first-order valence-electron chi connectivity index (χ1n) is 10.3. The zero-order chi connectivity index (χ0) is 23.1. The van der Waals surface area contributed by atoms with Crippen molar-refractivity contribution in [3.63, 3.8) is 0 Å². The van der Waals surface area contributed by atoms with Gasteiger partial charge in [0.1, 0.15) is 11.3 Å². The van der Waals surface area contributed by atoms with E-state index in [1.165, 1.54) is 4.68 Å². The van der Waals surface area contributed by atoms with Gasteiger partial charge in [-0.15, -0.1) is 0 Å². The van der Waals surface area contributed by atoms with Crippen LogP contribution in [0.25, 0.3) is 16.7 Å². The highest BCUT2D eigenvalue weighted by molar-refractivity contribution is 6.31. The highest BCUT2D eigenvalue weighted by Crippen LogP contribution is 2.40. The lowest BCUT2D eigenvalue weighted by Gasteiger charge is -2.19. The summed E-state index contributed by atoms with van der Waals surface area (Å²) in [5, 5.41) is 15.0. The molecule has 2 aromatic heterocycles. The Morgan fingerprint density at radius 2 is 1.58 bits per heavy atom. The average Bonchev–Trinajstić information content (AvgIpc) is 3.11.